The van der Waals surface area contributed by atoms with Crippen molar-refractivity contribution in [1.82, 2.24) is 5.32 Å². The molecule has 31 heavy (non-hydrogen) atoms. The van der Waals surface area contributed by atoms with E-state index in [1.54, 1.807) is 6.07 Å². The normalized spacial score (nSPS) is 10.6. The van der Waals surface area contributed by atoms with Gasteiger partial charge in [0.1, 0.15) is 11.5 Å². The summed E-state index contributed by atoms with van der Waals surface area (Å²) in [5, 5.41) is 8.25. The van der Waals surface area contributed by atoms with Crippen molar-refractivity contribution in [2.45, 2.75) is 13.0 Å². The minimum Gasteiger partial charge on any atom is -0.457 e. The lowest BCUT2D eigenvalue weighted by Gasteiger charge is -2.09. The maximum absolute atomic E-state index is 12.1. The van der Waals surface area contributed by atoms with Crippen LogP contribution in [0.25, 0.3) is 0 Å². The second-order valence-corrected chi connectivity index (χ2v) is 8.06. The van der Waals surface area contributed by atoms with E-state index in [1.165, 1.54) is 22.5 Å². The topological polar surface area (TPSA) is 50.4 Å². The molecule has 4 aromatic rings. The predicted molar refractivity (Wildman–Crippen MR) is 127 cm³/mol. The van der Waals surface area contributed by atoms with Crippen LogP contribution in [0.1, 0.15) is 20.8 Å². The summed E-state index contributed by atoms with van der Waals surface area (Å²) >= 11 is 1.42. The summed E-state index contributed by atoms with van der Waals surface area (Å²) < 4.78 is 5.92. The fourth-order valence-corrected chi connectivity index (χ4v) is 3.75. The molecule has 4 nitrogen and oxygen atoms in total. The fraction of sp³-hybridized carbons (Fsp3) is 0.115. The number of ether oxygens (including phenoxy) is 1. The number of hydrogen-bond donors (Lipinski definition) is 2. The first-order valence-corrected chi connectivity index (χ1v) is 11.1. The standard InChI is InChI=1S/C26H24N2O2S/c29-26(25-7-4-18-31-25)28-22-10-14-24(15-11-22)30-23-12-8-20(9-13-23)16-17-27-19-21-5-2-1-3-6-21/h1-15,18,27H,16-17,19H2,(H,28,29). The van der Waals surface area contributed by atoms with Crippen LogP contribution in [0.4, 0.5) is 5.69 Å². The van der Waals surface area contributed by atoms with E-state index in [-0.39, 0.29) is 5.91 Å². The largest absolute Gasteiger partial charge is 0.457 e. The molecule has 0 fully saturated rings. The molecule has 0 atom stereocenters. The van der Waals surface area contributed by atoms with Crippen molar-refractivity contribution in [3.8, 4) is 11.5 Å². The molecule has 0 aliphatic heterocycles. The van der Waals surface area contributed by atoms with Gasteiger partial charge in [-0.15, -0.1) is 11.3 Å². The summed E-state index contributed by atoms with van der Waals surface area (Å²) in [6, 6.07) is 29.6. The third-order valence-electron chi connectivity index (χ3n) is 4.78. The van der Waals surface area contributed by atoms with Crippen LogP contribution < -0.4 is 15.4 Å². The molecule has 0 unspecified atom stereocenters. The minimum absolute atomic E-state index is 0.0995. The molecule has 0 spiro atoms. The lowest BCUT2D eigenvalue weighted by atomic mass is 10.1. The summed E-state index contributed by atoms with van der Waals surface area (Å²) in [7, 11) is 0. The number of thiophene rings is 1. The number of amides is 1. The maximum atomic E-state index is 12.1. The average molecular weight is 429 g/mol. The Kier molecular flexibility index (Phi) is 7.11. The van der Waals surface area contributed by atoms with Gasteiger partial charge in [-0.3, -0.25) is 4.79 Å². The molecule has 1 heterocycles. The highest BCUT2D eigenvalue weighted by atomic mass is 32.1. The summed E-state index contributed by atoms with van der Waals surface area (Å²) in [6.07, 6.45) is 0.964. The molecule has 0 saturated carbocycles. The van der Waals surface area contributed by atoms with E-state index in [0.29, 0.717) is 4.88 Å². The minimum atomic E-state index is -0.0995. The SMILES string of the molecule is O=C(Nc1ccc(Oc2ccc(CCNCc3ccccc3)cc2)cc1)c1cccs1. The van der Waals surface area contributed by atoms with E-state index in [1.807, 2.05) is 53.9 Å². The summed E-state index contributed by atoms with van der Waals surface area (Å²) in [4.78, 5) is 12.8. The van der Waals surface area contributed by atoms with Gasteiger partial charge in [-0.25, -0.2) is 0 Å². The molecule has 5 heteroatoms. The van der Waals surface area contributed by atoms with Crippen molar-refractivity contribution < 1.29 is 9.53 Å². The number of anilines is 1. The second-order valence-electron chi connectivity index (χ2n) is 7.11. The number of benzene rings is 3. The van der Waals surface area contributed by atoms with E-state index < -0.39 is 0 Å². The van der Waals surface area contributed by atoms with E-state index in [9.17, 15) is 4.79 Å². The van der Waals surface area contributed by atoms with Crippen molar-refractivity contribution >= 4 is 22.9 Å². The Hall–Kier alpha value is -3.41. The zero-order valence-corrected chi connectivity index (χ0v) is 17.9. The van der Waals surface area contributed by atoms with Crippen LogP contribution >= 0.6 is 11.3 Å². The quantitative estimate of drug-likeness (QED) is 0.316. The molecule has 0 aliphatic rings. The van der Waals surface area contributed by atoms with Crippen LogP contribution in [-0.2, 0) is 13.0 Å². The highest BCUT2D eigenvalue weighted by Gasteiger charge is 2.07. The van der Waals surface area contributed by atoms with Crippen LogP contribution in [0.5, 0.6) is 11.5 Å². The molecule has 2 N–H and O–H groups in total. The Morgan fingerprint density at radius 2 is 1.48 bits per heavy atom. The van der Waals surface area contributed by atoms with Gasteiger partial charge in [0, 0.05) is 12.2 Å². The summed E-state index contributed by atoms with van der Waals surface area (Å²) in [6.45, 7) is 1.81. The summed E-state index contributed by atoms with van der Waals surface area (Å²) in [5.41, 5.74) is 3.30. The van der Waals surface area contributed by atoms with Crippen LogP contribution in [0.15, 0.2) is 96.4 Å². The Labute approximate surface area is 186 Å². The van der Waals surface area contributed by atoms with Gasteiger partial charge < -0.3 is 15.4 Å². The van der Waals surface area contributed by atoms with Gasteiger partial charge in [-0.05, 0) is 71.9 Å². The third-order valence-corrected chi connectivity index (χ3v) is 5.65. The van der Waals surface area contributed by atoms with Crippen molar-refractivity contribution in [3.63, 3.8) is 0 Å². The molecule has 3 aromatic carbocycles. The predicted octanol–water partition coefficient (Wildman–Crippen LogP) is 6.13. The van der Waals surface area contributed by atoms with Gasteiger partial charge >= 0.3 is 0 Å². The number of carbonyl (C=O) groups excluding carboxylic acids is 1. The zero-order chi connectivity index (χ0) is 21.3. The third kappa shape index (κ3) is 6.28. The lowest BCUT2D eigenvalue weighted by molar-refractivity contribution is 0.103. The van der Waals surface area contributed by atoms with Crippen LogP contribution in [0.2, 0.25) is 0 Å². The van der Waals surface area contributed by atoms with E-state index in [4.69, 9.17) is 4.74 Å². The van der Waals surface area contributed by atoms with E-state index in [0.717, 1.165) is 36.7 Å². The molecule has 4 rings (SSSR count). The molecule has 156 valence electrons. The first-order chi connectivity index (χ1) is 15.3. The first kappa shape index (κ1) is 20.8. The van der Waals surface area contributed by atoms with E-state index in [2.05, 4.69) is 47.0 Å². The van der Waals surface area contributed by atoms with Crippen molar-refractivity contribution in [2.24, 2.45) is 0 Å². The van der Waals surface area contributed by atoms with Gasteiger partial charge in [0.25, 0.3) is 5.91 Å². The highest BCUT2D eigenvalue weighted by Crippen LogP contribution is 2.24. The molecule has 1 aromatic heterocycles. The van der Waals surface area contributed by atoms with Gasteiger partial charge in [-0.1, -0.05) is 48.5 Å². The van der Waals surface area contributed by atoms with Crippen LogP contribution in [0.3, 0.4) is 0 Å². The number of nitrogens with one attached hydrogen (secondary N) is 2. The second kappa shape index (κ2) is 10.6. The van der Waals surface area contributed by atoms with E-state index >= 15 is 0 Å². The maximum Gasteiger partial charge on any atom is 0.265 e. The van der Waals surface area contributed by atoms with Gasteiger partial charge in [0.05, 0.1) is 4.88 Å². The van der Waals surface area contributed by atoms with Gasteiger partial charge in [-0.2, -0.15) is 0 Å². The van der Waals surface area contributed by atoms with Crippen LogP contribution in [0, 0.1) is 0 Å². The monoisotopic (exact) mass is 428 g/mol. The lowest BCUT2D eigenvalue weighted by Crippen LogP contribution is -2.16. The van der Waals surface area contributed by atoms with Crippen LogP contribution in [-0.4, -0.2) is 12.5 Å². The number of hydrogen-bond acceptors (Lipinski definition) is 4. The molecule has 0 bridgehead atoms. The Balaban J connectivity index is 1.23. The van der Waals surface area contributed by atoms with Crippen molar-refractivity contribution in [1.29, 1.82) is 0 Å². The Morgan fingerprint density at radius 3 is 2.16 bits per heavy atom. The number of rotatable bonds is 9. The van der Waals surface area contributed by atoms with Gasteiger partial charge in [0.15, 0.2) is 0 Å². The van der Waals surface area contributed by atoms with Crippen molar-refractivity contribution in [3.05, 3.63) is 112 Å². The molecule has 1 amide bonds. The molecular formula is C26H24N2O2S. The Bertz CT molecular complexity index is 1080. The van der Waals surface area contributed by atoms with Gasteiger partial charge in [0.2, 0.25) is 0 Å². The molecule has 0 radical (unpaired) electrons. The molecule has 0 saturated heterocycles. The van der Waals surface area contributed by atoms with Crippen molar-refractivity contribution in [2.75, 3.05) is 11.9 Å². The molecule has 0 aliphatic carbocycles. The first-order valence-electron chi connectivity index (χ1n) is 10.2. The highest BCUT2D eigenvalue weighted by molar-refractivity contribution is 7.12. The average Bonchev–Trinajstić information content (AvgIpc) is 3.35. The smallest absolute Gasteiger partial charge is 0.265 e. The fourth-order valence-electron chi connectivity index (χ4n) is 3.13. The zero-order valence-electron chi connectivity index (χ0n) is 17.1. The summed E-state index contributed by atoms with van der Waals surface area (Å²) in [5.74, 6) is 1.42. The molecular weight excluding hydrogens is 404 g/mol. The number of carbonyl (C=O) groups is 1. The Morgan fingerprint density at radius 1 is 0.774 bits per heavy atom.